The molecule has 2 aromatic carbocycles. The molecule has 4 heteroatoms. The number of rotatable bonds is 1. The first kappa shape index (κ1) is 14.9. The maximum Gasteiger partial charge on any atom is 0.299 e. The number of amides is 1. The fourth-order valence-electron chi connectivity index (χ4n) is 3.89. The van der Waals surface area contributed by atoms with Crippen molar-refractivity contribution in [1.82, 2.24) is 10.9 Å². The van der Waals surface area contributed by atoms with Gasteiger partial charge >= 0.3 is 0 Å². The minimum atomic E-state index is -0.131. The lowest BCUT2D eigenvalue weighted by molar-refractivity contribution is -0.556. The molecule has 24 heavy (non-hydrogen) atoms. The smallest absolute Gasteiger partial charge is 0.267 e. The van der Waals surface area contributed by atoms with Crippen molar-refractivity contribution in [3.05, 3.63) is 71.3 Å². The van der Waals surface area contributed by atoms with Crippen LogP contribution in [0, 0.1) is 0 Å². The van der Waals surface area contributed by atoms with E-state index in [9.17, 15) is 4.79 Å². The second kappa shape index (κ2) is 6.11. The Morgan fingerprint density at radius 1 is 0.958 bits per heavy atom. The maximum absolute atomic E-state index is 12.3. The predicted octanol–water partition coefficient (Wildman–Crippen LogP) is 1.32. The van der Waals surface area contributed by atoms with Gasteiger partial charge < -0.3 is 0 Å². The lowest BCUT2D eigenvalue weighted by Gasteiger charge is -2.28. The number of hydrogen-bond donors (Lipinski definition) is 3. The monoisotopic (exact) mass is 320 g/mol. The van der Waals surface area contributed by atoms with E-state index in [1.807, 2.05) is 36.4 Å². The van der Waals surface area contributed by atoms with Crippen molar-refractivity contribution in [2.45, 2.75) is 37.6 Å². The summed E-state index contributed by atoms with van der Waals surface area (Å²) in [5.74, 6) is 0.774. The fraction of sp³-hybridized carbons (Fsp3) is 0.300. The van der Waals surface area contributed by atoms with E-state index in [0.29, 0.717) is 5.56 Å². The van der Waals surface area contributed by atoms with Gasteiger partial charge in [-0.2, -0.15) is 10.9 Å². The van der Waals surface area contributed by atoms with E-state index in [1.54, 1.807) is 0 Å². The Kier molecular flexibility index (Phi) is 3.81. The van der Waals surface area contributed by atoms with E-state index in [4.69, 9.17) is 0 Å². The Labute approximate surface area is 142 Å². The average molecular weight is 320 g/mol. The van der Waals surface area contributed by atoms with Crippen LogP contribution in [-0.4, -0.2) is 17.3 Å². The molecule has 122 valence electrons. The van der Waals surface area contributed by atoms with Gasteiger partial charge in [0.05, 0.1) is 5.56 Å². The molecule has 1 spiro atoms. The number of hydrazine groups is 1. The lowest BCUT2D eigenvalue weighted by Crippen LogP contribution is -2.91. The number of benzene rings is 2. The van der Waals surface area contributed by atoms with Crippen molar-refractivity contribution in [3.63, 3.8) is 0 Å². The molecule has 4 nitrogen and oxygen atoms in total. The first-order valence-corrected chi connectivity index (χ1v) is 8.61. The van der Waals surface area contributed by atoms with Crippen LogP contribution in [-0.2, 0) is 6.42 Å². The van der Waals surface area contributed by atoms with E-state index >= 15 is 0 Å². The van der Waals surface area contributed by atoms with Crippen molar-refractivity contribution in [1.29, 1.82) is 0 Å². The van der Waals surface area contributed by atoms with Crippen LogP contribution in [0.3, 0.4) is 0 Å². The molecule has 1 aliphatic heterocycles. The molecular weight excluding hydrogens is 298 g/mol. The number of hydrogen-bond acceptors (Lipinski definition) is 2. The van der Waals surface area contributed by atoms with Gasteiger partial charge in [-0.3, -0.25) is 9.79 Å². The average Bonchev–Trinajstić information content (AvgIpc) is 3.07. The van der Waals surface area contributed by atoms with Crippen molar-refractivity contribution in [2.75, 3.05) is 0 Å². The Morgan fingerprint density at radius 3 is 2.46 bits per heavy atom. The first-order valence-electron chi connectivity index (χ1n) is 8.61. The summed E-state index contributed by atoms with van der Waals surface area (Å²) < 4.78 is 0. The summed E-state index contributed by atoms with van der Waals surface area (Å²) in [4.78, 5) is 16.0. The topological polar surface area (TPSA) is 55.1 Å². The summed E-state index contributed by atoms with van der Waals surface area (Å²) >= 11 is 0. The highest BCUT2D eigenvalue weighted by Crippen LogP contribution is 2.31. The van der Waals surface area contributed by atoms with Gasteiger partial charge in [-0.25, -0.2) is 0 Å². The third-order valence-electron chi connectivity index (χ3n) is 5.10. The van der Waals surface area contributed by atoms with Gasteiger partial charge in [0, 0.05) is 12.0 Å². The van der Waals surface area contributed by atoms with Crippen molar-refractivity contribution < 1.29 is 9.79 Å². The van der Waals surface area contributed by atoms with E-state index in [2.05, 4.69) is 34.0 Å². The van der Waals surface area contributed by atoms with Crippen molar-refractivity contribution >= 4 is 11.7 Å². The van der Waals surface area contributed by atoms with Gasteiger partial charge in [0.1, 0.15) is 5.54 Å². The molecule has 0 bridgehead atoms. The molecule has 1 amide bonds. The molecule has 4 rings (SSSR count). The zero-order chi connectivity index (χ0) is 16.4. The quantitative estimate of drug-likeness (QED) is 0.694. The van der Waals surface area contributed by atoms with Gasteiger partial charge in [0.2, 0.25) is 0 Å². The van der Waals surface area contributed by atoms with Crippen LogP contribution >= 0.6 is 0 Å². The highest BCUT2D eigenvalue weighted by molar-refractivity contribution is 6.00. The van der Waals surface area contributed by atoms with Crippen LogP contribution in [0.1, 0.15) is 47.2 Å². The third kappa shape index (κ3) is 2.80. The molecule has 2 aromatic rings. The number of nitrogens with one attached hydrogen (secondary N) is 3. The number of carbonyl (C=O) groups is 1. The minimum absolute atomic E-state index is 0.131. The molecule has 3 N–H and O–H groups in total. The fourth-order valence-corrected chi connectivity index (χ4v) is 3.89. The number of carbonyl (C=O) groups excluding carboxylic acids is 1. The largest absolute Gasteiger partial charge is 0.299 e. The molecule has 0 aromatic heterocycles. The van der Waals surface area contributed by atoms with Crippen molar-refractivity contribution in [2.24, 2.45) is 0 Å². The Hall–Kier alpha value is -2.62. The molecule has 0 saturated heterocycles. The molecule has 0 atom stereocenters. The van der Waals surface area contributed by atoms with Crippen LogP contribution in [0.25, 0.3) is 0 Å². The van der Waals surface area contributed by atoms with Gasteiger partial charge in [-0.15, -0.1) is 0 Å². The molecule has 1 aliphatic carbocycles. The molecule has 1 heterocycles. The Morgan fingerprint density at radius 2 is 1.67 bits per heavy atom. The van der Waals surface area contributed by atoms with Crippen LogP contribution in [0.2, 0.25) is 0 Å². The summed E-state index contributed by atoms with van der Waals surface area (Å²) in [6.45, 7) is 0. The maximum atomic E-state index is 12.3. The molecular formula is C20H22N3O+. The Bertz CT molecular complexity index is 776. The summed E-state index contributed by atoms with van der Waals surface area (Å²) in [5.41, 5.74) is 9.22. The predicted molar refractivity (Wildman–Crippen MR) is 93.5 cm³/mol. The van der Waals surface area contributed by atoms with E-state index < -0.39 is 0 Å². The molecule has 1 saturated carbocycles. The molecule has 0 radical (unpaired) electrons. The molecule has 0 unspecified atom stereocenters. The van der Waals surface area contributed by atoms with E-state index in [0.717, 1.165) is 17.8 Å². The van der Waals surface area contributed by atoms with E-state index in [-0.39, 0.29) is 11.4 Å². The normalized spacial score (nSPS) is 17.9. The van der Waals surface area contributed by atoms with Crippen LogP contribution < -0.4 is 15.8 Å². The summed E-state index contributed by atoms with van der Waals surface area (Å²) in [7, 11) is 0. The highest BCUT2D eigenvalue weighted by atomic mass is 16.2. The van der Waals surface area contributed by atoms with Crippen LogP contribution in [0.4, 0.5) is 0 Å². The van der Waals surface area contributed by atoms with Gasteiger partial charge in [-0.1, -0.05) is 36.4 Å². The van der Waals surface area contributed by atoms with Gasteiger partial charge in [0.15, 0.2) is 0 Å². The zero-order valence-electron chi connectivity index (χ0n) is 13.6. The van der Waals surface area contributed by atoms with Gasteiger partial charge in [-0.05, 0) is 49.4 Å². The summed E-state index contributed by atoms with van der Waals surface area (Å²) in [5, 5.41) is 0. The van der Waals surface area contributed by atoms with Crippen LogP contribution in [0.5, 0.6) is 0 Å². The standard InChI is InChI=1S/C20H21N3O/c24-19(15-8-2-1-3-9-15)23-22-18-17-11-5-4-10-16(17)14-20(21-18)12-6-7-13-20/h1-5,8-11H,6-7,12-14H2,(H,21,22)(H,23,24)/p+1. The first-order chi connectivity index (χ1) is 11.8. The van der Waals surface area contributed by atoms with Crippen LogP contribution in [0.15, 0.2) is 54.6 Å². The second-order valence-corrected chi connectivity index (χ2v) is 6.77. The Balaban J connectivity index is 1.58. The SMILES string of the molecule is O=C(NNC1=[NH+]C2(CCCC2)Cc2ccccc21)c1ccccc1. The van der Waals surface area contributed by atoms with Crippen molar-refractivity contribution in [3.8, 4) is 0 Å². The lowest BCUT2D eigenvalue weighted by atomic mass is 9.84. The van der Waals surface area contributed by atoms with Gasteiger partial charge in [0.25, 0.3) is 11.7 Å². The summed E-state index contributed by atoms with van der Waals surface area (Å²) in [6.07, 6.45) is 5.94. The highest BCUT2D eigenvalue weighted by Gasteiger charge is 2.41. The molecule has 1 fully saturated rings. The van der Waals surface area contributed by atoms with E-state index in [1.165, 1.54) is 31.2 Å². The number of fused-ring (bicyclic) bond motifs is 1. The number of amidine groups is 1. The second-order valence-electron chi connectivity index (χ2n) is 6.77. The zero-order valence-corrected chi connectivity index (χ0v) is 13.6. The molecule has 2 aliphatic rings. The summed E-state index contributed by atoms with van der Waals surface area (Å²) in [6, 6.07) is 17.7. The third-order valence-corrected chi connectivity index (χ3v) is 5.10. The minimum Gasteiger partial charge on any atom is -0.267 e.